The second-order valence-corrected chi connectivity index (χ2v) is 10.9. The summed E-state index contributed by atoms with van der Waals surface area (Å²) in [6.45, 7) is 4.51. The average Bonchev–Trinajstić information content (AvgIpc) is 3.26. The lowest BCUT2D eigenvalue weighted by molar-refractivity contribution is -0.135. The van der Waals surface area contributed by atoms with Crippen molar-refractivity contribution >= 4 is 21.8 Å². The van der Waals surface area contributed by atoms with Crippen LogP contribution in [0.5, 0.6) is 0 Å². The summed E-state index contributed by atoms with van der Waals surface area (Å²) in [5, 5.41) is 16.3. The molecule has 0 spiro atoms. The Kier molecular flexibility index (Phi) is 8.80. The zero-order valence-electron chi connectivity index (χ0n) is 19.1. The molecule has 4 atom stereocenters. The number of rotatable bonds is 8. The van der Waals surface area contributed by atoms with E-state index in [-0.39, 0.29) is 35.8 Å². The Hall–Kier alpha value is -2.08. The van der Waals surface area contributed by atoms with Crippen LogP contribution >= 0.6 is 0 Å². The van der Waals surface area contributed by atoms with Gasteiger partial charge < -0.3 is 20.5 Å². The summed E-state index contributed by atoms with van der Waals surface area (Å²) < 4.78 is 32.4. The fourth-order valence-electron chi connectivity index (χ4n) is 4.16. The Bertz CT molecular complexity index is 905. The van der Waals surface area contributed by atoms with Gasteiger partial charge in [0.15, 0.2) is 5.03 Å². The van der Waals surface area contributed by atoms with Gasteiger partial charge in [-0.1, -0.05) is 19.9 Å². The third kappa shape index (κ3) is 6.72. The minimum atomic E-state index is -3.85. The number of β-amino-alcohol motifs (C(OH)–C–C–N with tert-alkyl or cyclic N) is 1. The van der Waals surface area contributed by atoms with Crippen LogP contribution in [0.4, 0.5) is 0 Å². The van der Waals surface area contributed by atoms with Crippen LogP contribution in [0.25, 0.3) is 0 Å². The lowest BCUT2D eigenvalue weighted by Crippen LogP contribution is -2.55. The number of sulfonamides is 1. The molecule has 2 aliphatic heterocycles. The zero-order valence-corrected chi connectivity index (χ0v) is 20.0. The molecule has 2 fully saturated rings. The van der Waals surface area contributed by atoms with Gasteiger partial charge in [0.2, 0.25) is 11.8 Å². The molecule has 0 bridgehead atoms. The van der Waals surface area contributed by atoms with E-state index in [9.17, 15) is 23.1 Å². The van der Waals surface area contributed by atoms with Crippen LogP contribution in [0.15, 0.2) is 29.4 Å². The molecule has 3 N–H and O–H groups in total. The van der Waals surface area contributed by atoms with Crippen molar-refractivity contribution in [1.29, 1.82) is 0 Å². The van der Waals surface area contributed by atoms with Crippen LogP contribution < -0.4 is 10.6 Å². The second kappa shape index (κ2) is 11.4. The van der Waals surface area contributed by atoms with E-state index in [0.717, 1.165) is 6.42 Å². The summed E-state index contributed by atoms with van der Waals surface area (Å²) in [5.41, 5.74) is 0. The maximum Gasteiger partial charge on any atom is 0.260 e. The molecule has 11 heteroatoms. The third-order valence-electron chi connectivity index (χ3n) is 5.91. The molecule has 1 aromatic heterocycles. The largest absolute Gasteiger partial charge is 0.390 e. The van der Waals surface area contributed by atoms with Gasteiger partial charge in [-0.05, 0) is 50.2 Å². The number of carbonyl (C=O) groups is 2. The second-order valence-electron chi connectivity index (χ2n) is 9.05. The van der Waals surface area contributed by atoms with Gasteiger partial charge in [-0.3, -0.25) is 9.59 Å². The number of pyridine rings is 1. The molecule has 0 radical (unpaired) electrons. The van der Waals surface area contributed by atoms with E-state index < -0.39 is 34.3 Å². The molecular formula is C22H34N4O6S. The van der Waals surface area contributed by atoms with E-state index >= 15 is 0 Å². The van der Waals surface area contributed by atoms with Crippen LogP contribution in [0.1, 0.15) is 46.0 Å². The van der Waals surface area contributed by atoms with Gasteiger partial charge in [0.05, 0.1) is 12.1 Å². The maximum atomic E-state index is 13.0. The van der Waals surface area contributed by atoms with E-state index in [4.69, 9.17) is 4.74 Å². The maximum absolute atomic E-state index is 13.0. The van der Waals surface area contributed by atoms with Crippen molar-refractivity contribution in [2.24, 2.45) is 5.92 Å². The number of aliphatic hydroxyl groups excluding tert-OH is 1. The molecular weight excluding hydrogens is 448 g/mol. The van der Waals surface area contributed by atoms with Gasteiger partial charge in [0.25, 0.3) is 10.0 Å². The first-order valence-corrected chi connectivity index (χ1v) is 12.9. The van der Waals surface area contributed by atoms with Gasteiger partial charge in [-0.15, -0.1) is 0 Å². The molecule has 0 saturated carbocycles. The molecule has 3 unspecified atom stereocenters. The van der Waals surface area contributed by atoms with Crippen molar-refractivity contribution in [3.05, 3.63) is 24.4 Å². The SMILES string of the molecule is CC(C)CC(NC(=O)C1CCCO1)C(=O)NC1CCCN(S(=O)(=O)c2ccccn2)C[C@@H]1O. The van der Waals surface area contributed by atoms with Gasteiger partial charge >= 0.3 is 0 Å². The predicted octanol–water partition coefficient (Wildman–Crippen LogP) is 0.422. The van der Waals surface area contributed by atoms with Gasteiger partial charge in [-0.2, -0.15) is 4.31 Å². The molecule has 33 heavy (non-hydrogen) atoms. The van der Waals surface area contributed by atoms with Crippen LogP contribution in [0, 0.1) is 5.92 Å². The van der Waals surface area contributed by atoms with Gasteiger partial charge in [-0.25, -0.2) is 13.4 Å². The Morgan fingerprint density at radius 2 is 2.06 bits per heavy atom. The van der Waals surface area contributed by atoms with E-state index in [1.807, 2.05) is 13.8 Å². The molecule has 1 aromatic rings. The summed E-state index contributed by atoms with van der Waals surface area (Å²) in [6, 6.07) is 3.25. The molecule has 3 heterocycles. The number of hydrogen-bond donors (Lipinski definition) is 3. The minimum absolute atomic E-state index is 0.0754. The number of ether oxygens (including phenoxy) is 1. The molecule has 3 rings (SSSR count). The van der Waals surface area contributed by atoms with Crippen molar-refractivity contribution in [3.63, 3.8) is 0 Å². The van der Waals surface area contributed by atoms with E-state index in [1.54, 1.807) is 12.1 Å². The minimum Gasteiger partial charge on any atom is -0.390 e. The van der Waals surface area contributed by atoms with Crippen LogP contribution in [-0.4, -0.2) is 78.6 Å². The molecule has 0 aromatic carbocycles. The van der Waals surface area contributed by atoms with Gasteiger partial charge in [0.1, 0.15) is 12.1 Å². The molecule has 0 aliphatic carbocycles. The highest BCUT2D eigenvalue weighted by Gasteiger charge is 2.35. The summed E-state index contributed by atoms with van der Waals surface area (Å²) in [6.07, 6.45) is 2.52. The predicted molar refractivity (Wildman–Crippen MR) is 121 cm³/mol. The molecule has 184 valence electrons. The smallest absolute Gasteiger partial charge is 0.260 e. The summed E-state index contributed by atoms with van der Waals surface area (Å²) in [4.78, 5) is 29.5. The van der Waals surface area contributed by atoms with Crippen molar-refractivity contribution in [3.8, 4) is 0 Å². The summed E-state index contributed by atoms with van der Waals surface area (Å²) in [7, 11) is -3.85. The fraction of sp³-hybridized carbons (Fsp3) is 0.682. The highest BCUT2D eigenvalue weighted by Crippen LogP contribution is 2.20. The fourth-order valence-corrected chi connectivity index (χ4v) is 5.59. The highest BCUT2D eigenvalue weighted by molar-refractivity contribution is 7.89. The molecule has 2 saturated heterocycles. The number of amides is 2. The molecule has 2 amide bonds. The van der Waals surface area contributed by atoms with E-state index in [0.29, 0.717) is 32.3 Å². The number of nitrogens with one attached hydrogen (secondary N) is 2. The Labute approximate surface area is 195 Å². The van der Waals surface area contributed by atoms with Gasteiger partial charge in [0, 0.05) is 25.9 Å². The third-order valence-corrected chi connectivity index (χ3v) is 7.69. The van der Waals surface area contributed by atoms with E-state index in [2.05, 4.69) is 15.6 Å². The Morgan fingerprint density at radius 1 is 1.27 bits per heavy atom. The van der Waals surface area contributed by atoms with Crippen molar-refractivity contribution in [1.82, 2.24) is 19.9 Å². The summed E-state index contributed by atoms with van der Waals surface area (Å²) >= 11 is 0. The lowest BCUT2D eigenvalue weighted by atomic mass is 10.0. The van der Waals surface area contributed by atoms with Crippen molar-refractivity contribution in [2.45, 2.75) is 75.3 Å². The number of aromatic nitrogens is 1. The molecule has 2 aliphatic rings. The van der Waals surface area contributed by atoms with Crippen molar-refractivity contribution < 1.29 is 27.9 Å². The van der Waals surface area contributed by atoms with E-state index in [1.165, 1.54) is 16.6 Å². The standard InChI is InChI=1S/C22H34N4O6S/c1-15(2)13-17(25-22(29)19-8-6-12-32-19)21(28)24-16-7-5-11-26(14-18(16)27)33(30,31)20-9-3-4-10-23-20/h3-4,9-10,15-19,27H,5-8,11-14H2,1-2H3,(H,24,28)(H,25,29)/t16?,17?,18-,19?/m0/s1. The van der Waals surface area contributed by atoms with Crippen LogP contribution in [0.2, 0.25) is 0 Å². The summed E-state index contributed by atoms with van der Waals surface area (Å²) in [5.74, 6) is -0.536. The highest BCUT2D eigenvalue weighted by atomic mass is 32.2. The number of nitrogens with zero attached hydrogens (tertiary/aromatic N) is 2. The average molecular weight is 483 g/mol. The van der Waals surface area contributed by atoms with Crippen LogP contribution in [-0.2, 0) is 24.3 Å². The van der Waals surface area contributed by atoms with Crippen LogP contribution in [0.3, 0.4) is 0 Å². The number of aliphatic hydroxyl groups is 1. The Balaban J connectivity index is 1.64. The lowest BCUT2D eigenvalue weighted by Gasteiger charge is -2.27. The number of hydrogen-bond acceptors (Lipinski definition) is 7. The first-order chi connectivity index (χ1) is 15.7. The first kappa shape index (κ1) is 25.5. The monoisotopic (exact) mass is 482 g/mol. The normalized spacial score (nSPS) is 25.4. The first-order valence-electron chi connectivity index (χ1n) is 11.5. The molecule has 10 nitrogen and oxygen atoms in total. The quantitative estimate of drug-likeness (QED) is 0.488. The topological polar surface area (TPSA) is 138 Å². The number of carbonyl (C=O) groups excluding carboxylic acids is 2. The Morgan fingerprint density at radius 3 is 2.70 bits per heavy atom. The zero-order chi connectivity index (χ0) is 24.0. The van der Waals surface area contributed by atoms with Crippen molar-refractivity contribution in [2.75, 3.05) is 19.7 Å².